The van der Waals surface area contributed by atoms with Gasteiger partial charge in [0.25, 0.3) is 0 Å². The Balaban J connectivity index is 1.34. The first-order valence-electron chi connectivity index (χ1n) is 8.71. The molecule has 2 amide bonds. The third kappa shape index (κ3) is 5.13. The van der Waals surface area contributed by atoms with Gasteiger partial charge in [-0.25, -0.2) is 9.78 Å². The Hall–Kier alpha value is -2.21. The second kappa shape index (κ2) is 8.76. The van der Waals surface area contributed by atoms with E-state index in [0.717, 1.165) is 56.3 Å². The van der Waals surface area contributed by atoms with Crippen LogP contribution in [0.5, 0.6) is 0 Å². The third-order valence-corrected chi connectivity index (χ3v) is 4.65. The average molecular weight is 362 g/mol. The fourth-order valence-corrected chi connectivity index (χ4v) is 3.17. The van der Waals surface area contributed by atoms with Crippen LogP contribution in [0.3, 0.4) is 0 Å². The topological polar surface area (TPSA) is 53.4 Å². The number of urea groups is 1. The lowest BCUT2D eigenvalue weighted by Gasteiger charge is -2.36. The van der Waals surface area contributed by atoms with Crippen molar-refractivity contribution in [2.24, 2.45) is 0 Å². The standard InChI is InChI=1S/C18H24ClN5O/c19-16-4-3-5-17(14-16)23-10-12-24(13-11-23)18(25)21-6-1-2-8-22-9-7-20-15-22/h3-5,7,9,14-15H,1-2,6,8,10-13H2,(H,21,25). The Bertz CT molecular complexity index is 668. The van der Waals surface area contributed by atoms with Crippen LogP contribution >= 0.6 is 11.6 Å². The molecule has 134 valence electrons. The lowest BCUT2D eigenvalue weighted by atomic mass is 10.2. The maximum absolute atomic E-state index is 12.2. The number of rotatable bonds is 6. The number of aryl methyl sites for hydroxylation is 1. The summed E-state index contributed by atoms with van der Waals surface area (Å²) in [6.45, 7) is 4.76. The molecule has 2 aromatic rings. The van der Waals surface area contributed by atoms with E-state index in [9.17, 15) is 4.79 Å². The molecule has 0 saturated carbocycles. The van der Waals surface area contributed by atoms with Gasteiger partial charge in [0.2, 0.25) is 0 Å². The first kappa shape index (κ1) is 17.6. The van der Waals surface area contributed by atoms with Crippen molar-refractivity contribution in [2.45, 2.75) is 19.4 Å². The molecule has 2 heterocycles. The van der Waals surface area contributed by atoms with Gasteiger partial charge in [-0.1, -0.05) is 17.7 Å². The maximum atomic E-state index is 12.2. The van der Waals surface area contributed by atoms with E-state index in [-0.39, 0.29) is 6.03 Å². The van der Waals surface area contributed by atoms with Gasteiger partial charge in [-0.2, -0.15) is 0 Å². The van der Waals surface area contributed by atoms with E-state index < -0.39 is 0 Å². The van der Waals surface area contributed by atoms with E-state index in [1.165, 1.54) is 0 Å². The number of imidazole rings is 1. The second-order valence-corrected chi connectivity index (χ2v) is 6.63. The van der Waals surface area contributed by atoms with Crippen LogP contribution < -0.4 is 10.2 Å². The molecular weight excluding hydrogens is 338 g/mol. The molecule has 0 atom stereocenters. The van der Waals surface area contributed by atoms with Crippen LogP contribution in [0.1, 0.15) is 12.8 Å². The van der Waals surface area contributed by atoms with Crippen molar-refractivity contribution >= 4 is 23.3 Å². The van der Waals surface area contributed by atoms with Crippen LogP contribution in [0.25, 0.3) is 0 Å². The van der Waals surface area contributed by atoms with Crippen molar-refractivity contribution < 1.29 is 4.79 Å². The van der Waals surface area contributed by atoms with Gasteiger partial charge < -0.3 is 19.7 Å². The number of halogens is 1. The minimum atomic E-state index is 0.0355. The van der Waals surface area contributed by atoms with Crippen LogP contribution in [-0.2, 0) is 6.54 Å². The predicted molar refractivity (Wildman–Crippen MR) is 100 cm³/mol. The van der Waals surface area contributed by atoms with Gasteiger partial charge in [0.15, 0.2) is 0 Å². The van der Waals surface area contributed by atoms with Crippen molar-refractivity contribution in [2.75, 3.05) is 37.6 Å². The highest BCUT2D eigenvalue weighted by Gasteiger charge is 2.20. The van der Waals surface area contributed by atoms with Crippen LogP contribution in [0.2, 0.25) is 5.02 Å². The minimum absolute atomic E-state index is 0.0355. The van der Waals surface area contributed by atoms with Crippen molar-refractivity contribution in [3.8, 4) is 0 Å². The Kier molecular flexibility index (Phi) is 6.17. The van der Waals surface area contributed by atoms with Gasteiger partial charge in [-0.3, -0.25) is 0 Å². The van der Waals surface area contributed by atoms with Gasteiger partial charge in [0.1, 0.15) is 0 Å². The van der Waals surface area contributed by atoms with Crippen LogP contribution in [0.4, 0.5) is 10.5 Å². The molecule has 6 nitrogen and oxygen atoms in total. The quantitative estimate of drug-likeness (QED) is 0.805. The average Bonchev–Trinajstić information content (AvgIpc) is 3.15. The fraction of sp³-hybridized carbons (Fsp3) is 0.444. The smallest absolute Gasteiger partial charge is 0.317 e. The summed E-state index contributed by atoms with van der Waals surface area (Å²) in [5.74, 6) is 0. The monoisotopic (exact) mass is 361 g/mol. The number of hydrogen-bond donors (Lipinski definition) is 1. The number of anilines is 1. The lowest BCUT2D eigenvalue weighted by Crippen LogP contribution is -2.52. The zero-order valence-electron chi connectivity index (χ0n) is 14.3. The highest BCUT2D eigenvalue weighted by molar-refractivity contribution is 6.30. The number of aromatic nitrogens is 2. The molecule has 0 aliphatic carbocycles. The van der Waals surface area contributed by atoms with Crippen molar-refractivity contribution in [3.05, 3.63) is 48.0 Å². The van der Waals surface area contributed by atoms with E-state index in [1.807, 2.05) is 35.6 Å². The van der Waals surface area contributed by atoms with Gasteiger partial charge in [-0.15, -0.1) is 0 Å². The molecule has 3 rings (SSSR count). The Morgan fingerprint density at radius 1 is 1.20 bits per heavy atom. The molecule has 1 N–H and O–H groups in total. The van der Waals surface area contributed by atoms with E-state index in [0.29, 0.717) is 6.54 Å². The largest absolute Gasteiger partial charge is 0.368 e. The zero-order valence-corrected chi connectivity index (χ0v) is 15.0. The third-order valence-electron chi connectivity index (χ3n) is 4.42. The van der Waals surface area contributed by atoms with Gasteiger partial charge in [-0.05, 0) is 31.0 Å². The number of carbonyl (C=O) groups is 1. The molecule has 1 aliphatic rings. The molecule has 1 saturated heterocycles. The van der Waals surface area contributed by atoms with Gasteiger partial charge in [0.05, 0.1) is 6.33 Å². The van der Waals surface area contributed by atoms with E-state index in [4.69, 9.17) is 11.6 Å². The first-order chi connectivity index (χ1) is 12.2. The van der Waals surface area contributed by atoms with Crippen molar-refractivity contribution in [1.82, 2.24) is 19.8 Å². The molecule has 7 heteroatoms. The normalized spacial score (nSPS) is 14.6. The number of carbonyl (C=O) groups excluding carboxylic acids is 1. The molecule has 1 aromatic heterocycles. The summed E-state index contributed by atoms with van der Waals surface area (Å²) in [6.07, 6.45) is 7.55. The van der Waals surface area contributed by atoms with E-state index >= 15 is 0 Å². The van der Waals surface area contributed by atoms with Crippen molar-refractivity contribution in [1.29, 1.82) is 0 Å². The fourth-order valence-electron chi connectivity index (χ4n) is 2.99. The Morgan fingerprint density at radius 3 is 2.76 bits per heavy atom. The molecular formula is C18H24ClN5O. The first-order valence-corrected chi connectivity index (χ1v) is 9.09. The van der Waals surface area contributed by atoms with Crippen LogP contribution in [0.15, 0.2) is 43.0 Å². The lowest BCUT2D eigenvalue weighted by molar-refractivity contribution is 0.194. The SMILES string of the molecule is O=C(NCCCCn1ccnc1)N1CCN(c2cccc(Cl)c2)CC1. The number of nitrogens with zero attached hydrogens (tertiary/aromatic N) is 4. The van der Waals surface area contributed by atoms with Crippen LogP contribution in [-0.4, -0.2) is 53.2 Å². The molecule has 0 radical (unpaired) electrons. The summed E-state index contributed by atoms with van der Waals surface area (Å²) in [5.41, 5.74) is 1.12. The number of hydrogen-bond acceptors (Lipinski definition) is 3. The van der Waals surface area contributed by atoms with Gasteiger partial charge in [0, 0.05) is 62.4 Å². The molecule has 1 fully saturated rings. The van der Waals surface area contributed by atoms with E-state index in [1.54, 1.807) is 6.20 Å². The Morgan fingerprint density at radius 2 is 2.04 bits per heavy atom. The molecule has 0 unspecified atom stereocenters. The predicted octanol–water partition coefficient (Wildman–Crippen LogP) is 2.85. The van der Waals surface area contributed by atoms with E-state index in [2.05, 4.69) is 25.8 Å². The molecule has 0 spiro atoms. The van der Waals surface area contributed by atoms with Crippen LogP contribution in [0, 0.1) is 0 Å². The minimum Gasteiger partial charge on any atom is -0.368 e. The summed E-state index contributed by atoms with van der Waals surface area (Å²) in [6, 6.07) is 7.90. The molecule has 1 aromatic carbocycles. The summed E-state index contributed by atoms with van der Waals surface area (Å²) in [5, 5.41) is 3.76. The summed E-state index contributed by atoms with van der Waals surface area (Å²) in [4.78, 5) is 20.4. The molecule has 25 heavy (non-hydrogen) atoms. The zero-order chi connectivity index (χ0) is 17.5. The summed E-state index contributed by atoms with van der Waals surface area (Å²) >= 11 is 6.05. The number of piperazine rings is 1. The molecule has 0 bridgehead atoms. The maximum Gasteiger partial charge on any atom is 0.317 e. The number of amides is 2. The van der Waals surface area contributed by atoms with Gasteiger partial charge >= 0.3 is 6.03 Å². The second-order valence-electron chi connectivity index (χ2n) is 6.19. The Labute approximate surface area is 153 Å². The van der Waals surface area contributed by atoms with Crippen molar-refractivity contribution in [3.63, 3.8) is 0 Å². The highest BCUT2D eigenvalue weighted by Crippen LogP contribution is 2.20. The summed E-state index contributed by atoms with van der Waals surface area (Å²) < 4.78 is 2.05. The summed E-state index contributed by atoms with van der Waals surface area (Å²) in [7, 11) is 0. The number of unbranched alkanes of at least 4 members (excludes halogenated alkanes) is 1. The number of nitrogens with one attached hydrogen (secondary N) is 1. The molecule has 1 aliphatic heterocycles. The number of benzene rings is 1. The highest BCUT2D eigenvalue weighted by atomic mass is 35.5.